The Balaban J connectivity index is 2.46. The van der Waals surface area contributed by atoms with Crippen LogP contribution in [0.15, 0.2) is 12.2 Å². The second-order valence-corrected chi connectivity index (χ2v) is 4.68. The van der Waals surface area contributed by atoms with Gasteiger partial charge in [0.2, 0.25) is 0 Å². The Morgan fingerprint density at radius 2 is 2.00 bits per heavy atom. The highest BCUT2D eigenvalue weighted by atomic mass is 16.3. The topological polar surface area (TPSA) is 52.6 Å². The fourth-order valence-corrected chi connectivity index (χ4v) is 1.81. The standard InChI is InChI=1S/C12H22N2O2/c1-9(2)14(8-10(3)15)12(16)13-11-6-4-5-7-11/h4-5,9-11,15H,6-8H2,1-3H3,(H,13,16). The van der Waals surface area contributed by atoms with Crippen LogP contribution >= 0.6 is 0 Å². The summed E-state index contributed by atoms with van der Waals surface area (Å²) in [5, 5.41) is 12.3. The first kappa shape index (κ1) is 13.0. The third kappa shape index (κ3) is 3.85. The van der Waals surface area contributed by atoms with Crippen LogP contribution in [0.25, 0.3) is 0 Å². The van der Waals surface area contributed by atoms with Crippen LogP contribution < -0.4 is 5.32 Å². The van der Waals surface area contributed by atoms with Crippen molar-refractivity contribution in [2.24, 2.45) is 0 Å². The van der Waals surface area contributed by atoms with Crippen LogP contribution in [0.5, 0.6) is 0 Å². The highest BCUT2D eigenvalue weighted by molar-refractivity contribution is 5.75. The smallest absolute Gasteiger partial charge is 0.317 e. The number of carbonyl (C=O) groups excluding carboxylic acids is 1. The molecule has 0 saturated heterocycles. The summed E-state index contributed by atoms with van der Waals surface area (Å²) in [5.41, 5.74) is 0. The zero-order valence-corrected chi connectivity index (χ0v) is 10.3. The predicted molar refractivity (Wildman–Crippen MR) is 64.2 cm³/mol. The number of aliphatic hydroxyl groups is 1. The third-order valence-corrected chi connectivity index (χ3v) is 2.68. The molecule has 2 N–H and O–H groups in total. The van der Waals surface area contributed by atoms with Crippen molar-refractivity contribution in [3.63, 3.8) is 0 Å². The molecule has 0 aromatic carbocycles. The second kappa shape index (κ2) is 5.89. The van der Waals surface area contributed by atoms with Crippen molar-refractivity contribution < 1.29 is 9.90 Å². The van der Waals surface area contributed by atoms with Gasteiger partial charge in [-0.15, -0.1) is 0 Å². The molecule has 4 heteroatoms. The van der Waals surface area contributed by atoms with Crippen molar-refractivity contribution in [2.75, 3.05) is 6.54 Å². The average molecular weight is 226 g/mol. The van der Waals surface area contributed by atoms with Crippen molar-refractivity contribution in [3.05, 3.63) is 12.2 Å². The molecular formula is C12H22N2O2. The SMILES string of the molecule is CC(O)CN(C(=O)NC1CC=CC1)C(C)C. The van der Waals surface area contributed by atoms with E-state index in [-0.39, 0.29) is 18.1 Å². The summed E-state index contributed by atoms with van der Waals surface area (Å²) >= 11 is 0. The van der Waals surface area contributed by atoms with E-state index in [0.29, 0.717) is 6.54 Å². The summed E-state index contributed by atoms with van der Waals surface area (Å²) in [6.45, 7) is 5.98. The van der Waals surface area contributed by atoms with E-state index in [1.165, 1.54) is 0 Å². The van der Waals surface area contributed by atoms with E-state index in [4.69, 9.17) is 0 Å². The van der Waals surface area contributed by atoms with E-state index >= 15 is 0 Å². The maximum absolute atomic E-state index is 12.0. The number of amides is 2. The quantitative estimate of drug-likeness (QED) is 0.714. The van der Waals surface area contributed by atoms with Crippen LogP contribution in [-0.4, -0.2) is 40.8 Å². The van der Waals surface area contributed by atoms with E-state index in [0.717, 1.165) is 12.8 Å². The van der Waals surface area contributed by atoms with Gasteiger partial charge in [-0.3, -0.25) is 0 Å². The van der Waals surface area contributed by atoms with Gasteiger partial charge in [-0.25, -0.2) is 4.79 Å². The summed E-state index contributed by atoms with van der Waals surface area (Å²) in [4.78, 5) is 13.6. The molecule has 0 saturated carbocycles. The van der Waals surface area contributed by atoms with Crippen molar-refractivity contribution in [1.82, 2.24) is 10.2 Å². The lowest BCUT2D eigenvalue weighted by atomic mass is 10.2. The minimum absolute atomic E-state index is 0.0791. The molecule has 0 bridgehead atoms. The fraction of sp³-hybridized carbons (Fsp3) is 0.750. The van der Waals surface area contributed by atoms with Gasteiger partial charge < -0.3 is 15.3 Å². The number of carbonyl (C=O) groups is 1. The monoisotopic (exact) mass is 226 g/mol. The first-order valence-electron chi connectivity index (χ1n) is 5.91. The van der Waals surface area contributed by atoms with Gasteiger partial charge in [-0.1, -0.05) is 12.2 Å². The lowest BCUT2D eigenvalue weighted by Gasteiger charge is -2.29. The molecule has 1 unspecified atom stereocenters. The molecule has 1 aliphatic rings. The lowest BCUT2D eigenvalue weighted by molar-refractivity contribution is 0.117. The molecule has 0 fully saturated rings. The number of nitrogens with one attached hydrogen (secondary N) is 1. The van der Waals surface area contributed by atoms with Crippen molar-refractivity contribution in [3.8, 4) is 0 Å². The molecule has 0 spiro atoms. The van der Waals surface area contributed by atoms with E-state index < -0.39 is 6.10 Å². The van der Waals surface area contributed by atoms with Crippen molar-refractivity contribution in [1.29, 1.82) is 0 Å². The van der Waals surface area contributed by atoms with Crippen LogP contribution in [0.4, 0.5) is 4.79 Å². The molecule has 1 aliphatic carbocycles. The zero-order chi connectivity index (χ0) is 12.1. The van der Waals surface area contributed by atoms with E-state index in [1.807, 2.05) is 13.8 Å². The van der Waals surface area contributed by atoms with E-state index in [9.17, 15) is 9.90 Å². The number of rotatable bonds is 4. The number of nitrogens with zero attached hydrogens (tertiary/aromatic N) is 1. The summed E-state index contributed by atoms with van der Waals surface area (Å²) < 4.78 is 0. The second-order valence-electron chi connectivity index (χ2n) is 4.68. The van der Waals surface area contributed by atoms with E-state index in [1.54, 1.807) is 11.8 Å². The van der Waals surface area contributed by atoms with Gasteiger partial charge >= 0.3 is 6.03 Å². The van der Waals surface area contributed by atoms with Gasteiger partial charge in [0, 0.05) is 18.6 Å². The number of aliphatic hydroxyl groups excluding tert-OH is 1. The molecule has 4 nitrogen and oxygen atoms in total. The predicted octanol–water partition coefficient (Wildman–Crippen LogP) is 1.51. The number of hydrogen-bond acceptors (Lipinski definition) is 2. The summed E-state index contributed by atoms with van der Waals surface area (Å²) in [5.74, 6) is 0. The fourth-order valence-electron chi connectivity index (χ4n) is 1.81. The van der Waals surface area contributed by atoms with Gasteiger partial charge in [-0.2, -0.15) is 0 Å². The molecule has 0 heterocycles. The Morgan fingerprint density at radius 1 is 1.44 bits per heavy atom. The normalized spacial score (nSPS) is 17.8. The van der Waals surface area contributed by atoms with E-state index in [2.05, 4.69) is 17.5 Å². The largest absolute Gasteiger partial charge is 0.392 e. The summed E-state index contributed by atoms with van der Waals surface area (Å²) in [6, 6.07) is 0.247. The highest BCUT2D eigenvalue weighted by Gasteiger charge is 2.21. The van der Waals surface area contributed by atoms with Crippen molar-refractivity contribution >= 4 is 6.03 Å². The van der Waals surface area contributed by atoms with Crippen LogP contribution in [0.3, 0.4) is 0 Å². The van der Waals surface area contributed by atoms with Crippen LogP contribution in [0.1, 0.15) is 33.6 Å². The highest BCUT2D eigenvalue weighted by Crippen LogP contribution is 2.10. The minimum Gasteiger partial charge on any atom is -0.392 e. The Labute approximate surface area is 97.3 Å². The van der Waals surface area contributed by atoms with Gasteiger partial charge in [0.1, 0.15) is 0 Å². The molecule has 2 amide bonds. The Hall–Kier alpha value is -1.03. The lowest BCUT2D eigenvalue weighted by Crippen LogP contribution is -2.49. The van der Waals surface area contributed by atoms with Crippen LogP contribution in [0, 0.1) is 0 Å². The Kier molecular flexibility index (Phi) is 4.80. The molecule has 1 atom stereocenters. The zero-order valence-electron chi connectivity index (χ0n) is 10.3. The van der Waals surface area contributed by atoms with Gasteiger partial charge in [-0.05, 0) is 33.6 Å². The maximum atomic E-state index is 12.0. The molecule has 16 heavy (non-hydrogen) atoms. The molecular weight excluding hydrogens is 204 g/mol. The first-order valence-corrected chi connectivity index (χ1v) is 5.91. The number of urea groups is 1. The summed E-state index contributed by atoms with van der Waals surface area (Å²) in [6.07, 6.45) is 5.49. The van der Waals surface area contributed by atoms with Crippen LogP contribution in [0.2, 0.25) is 0 Å². The minimum atomic E-state index is -0.491. The molecule has 92 valence electrons. The van der Waals surface area contributed by atoms with Crippen molar-refractivity contribution in [2.45, 2.75) is 51.8 Å². The summed E-state index contributed by atoms with van der Waals surface area (Å²) in [7, 11) is 0. The van der Waals surface area contributed by atoms with Gasteiger partial charge in [0.05, 0.1) is 6.10 Å². The molecule has 0 radical (unpaired) electrons. The van der Waals surface area contributed by atoms with Crippen LogP contribution in [-0.2, 0) is 0 Å². The molecule has 0 aromatic heterocycles. The number of hydrogen-bond donors (Lipinski definition) is 2. The third-order valence-electron chi connectivity index (χ3n) is 2.68. The van der Waals surface area contributed by atoms with Gasteiger partial charge in [0.25, 0.3) is 0 Å². The molecule has 0 aromatic rings. The average Bonchev–Trinajstić information content (AvgIpc) is 2.65. The first-order chi connectivity index (χ1) is 7.50. The Bertz CT molecular complexity index is 254. The molecule has 1 rings (SSSR count). The Morgan fingerprint density at radius 3 is 2.44 bits per heavy atom. The maximum Gasteiger partial charge on any atom is 0.317 e. The van der Waals surface area contributed by atoms with Gasteiger partial charge in [0.15, 0.2) is 0 Å². The molecule has 0 aliphatic heterocycles.